The quantitative estimate of drug-likeness (QED) is 0.713. The summed E-state index contributed by atoms with van der Waals surface area (Å²) < 4.78 is 14.7. The fourth-order valence-corrected chi connectivity index (χ4v) is 3.95. The lowest BCUT2D eigenvalue weighted by molar-refractivity contribution is -0.136. The van der Waals surface area contributed by atoms with Gasteiger partial charge in [-0.2, -0.15) is 0 Å². The molecule has 142 valence electrons. The number of nitrogens with zero attached hydrogens (tertiary/aromatic N) is 2. The third kappa shape index (κ3) is 2.87. The molecule has 3 N–H and O–H groups in total. The summed E-state index contributed by atoms with van der Waals surface area (Å²) in [7, 11) is 0. The van der Waals surface area contributed by atoms with Gasteiger partial charge in [0.2, 0.25) is 11.8 Å². The van der Waals surface area contributed by atoms with E-state index in [2.05, 4.69) is 5.32 Å². The predicted molar refractivity (Wildman–Crippen MR) is 92.5 cm³/mol. The van der Waals surface area contributed by atoms with Gasteiger partial charge in [0.25, 0.3) is 11.8 Å². The highest BCUT2D eigenvalue weighted by atomic mass is 19.1. The number of imide groups is 2. The fraction of sp³-hybridized carbons (Fsp3) is 0.444. The molecule has 0 aliphatic carbocycles. The largest absolute Gasteiger partial charge is 0.368 e. The average molecular weight is 374 g/mol. The summed E-state index contributed by atoms with van der Waals surface area (Å²) in [6, 6.07) is 1.28. The summed E-state index contributed by atoms with van der Waals surface area (Å²) in [5.74, 6) is -3.10. The highest BCUT2D eigenvalue weighted by molar-refractivity contribution is 6.23. The van der Waals surface area contributed by atoms with E-state index in [4.69, 9.17) is 5.73 Å². The van der Waals surface area contributed by atoms with E-state index in [1.54, 1.807) is 4.90 Å². The van der Waals surface area contributed by atoms with Crippen LogP contribution in [0.1, 0.15) is 46.4 Å². The molecule has 0 aromatic heterocycles. The molecule has 1 aromatic rings. The maximum Gasteiger partial charge on any atom is 0.262 e. The molecule has 9 heteroatoms. The molecule has 3 aliphatic heterocycles. The predicted octanol–water partition coefficient (Wildman–Crippen LogP) is 0.154. The van der Waals surface area contributed by atoms with E-state index in [0.717, 1.165) is 23.8 Å². The van der Waals surface area contributed by atoms with Crippen molar-refractivity contribution in [3.8, 4) is 0 Å². The van der Waals surface area contributed by atoms with Gasteiger partial charge in [-0.25, -0.2) is 4.39 Å². The van der Waals surface area contributed by atoms with Crippen molar-refractivity contribution in [1.82, 2.24) is 10.2 Å². The highest BCUT2D eigenvalue weighted by Gasteiger charge is 2.45. The molecule has 27 heavy (non-hydrogen) atoms. The minimum absolute atomic E-state index is 0.0368. The van der Waals surface area contributed by atoms with Crippen LogP contribution in [-0.2, 0) is 9.59 Å². The number of amides is 4. The van der Waals surface area contributed by atoms with Crippen molar-refractivity contribution in [2.24, 2.45) is 5.73 Å². The van der Waals surface area contributed by atoms with Gasteiger partial charge in [-0.15, -0.1) is 0 Å². The number of anilines is 1. The molecule has 0 spiro atoms. The Morgan fingerprint density at radius 3 is 2.44 bits per heavy atom. The van der Waals surface area contributed by atoms with Crippen molar-refractivity contribution in [2.45, 2.75) is 37.8 Å². The van der Waals surface area contributed by atoms with Crippen molar-refractivity contribution in [1.29, 1.82) is 0 Å². The lowest BCUT2D eigenvalue weighted by Crippen LogP contribution is -2.54. The van der Waals surface area contributed by atoms with Gasteiger partial charge in [-0.3, -0.25) is 29.4 Å². The van der Waals surface area contributed by atoms with E-state index >= 15 is 0 Å². The number of carbonyl (C=O) groups excluding carboxylic acids is 4. The fourth-order valence-electron chi connectivity index (χ4n) is 3.95. The second kappa shape index (κ2) is 6.41. The zero-order chi connectivity index (χ0) is 19.3. The van der Waals surface area contributed by atoms with Crippen molar-refractivity contribution < 1.29 is 23.6 Å². The Hall–Kier alpha value is -2.81. The molecule has 1 unspecified atom stereocenters. The van der Waals surface area contributed by atoms with Crippen LogP contribution in [0.25, 0.3) is 0 Å². The zero-order valence-corrected chi connectivity index (χ0v) is 14.5. The molecule has 3 heterocycles. The van der Waals surface area contributed by atoms with Crippen LogP contribution in [-0.4, -0.2) is 53.7 Å². The van der Waals surface area contributed by atoms with Gasteiger partial charge < -0.3 is 10.6 Å². The number of rotatable bonds is 2. The van der Waals surface area contributed by atoms with Gasteiger partial charge in [0.15, 0.2) is 0 Å². The molecule has 0 radical (unpaired) electrons. The van der Waals surface area contributed by atoms with Crippen LogP contribution in [0, 0.1) is 5.82 Å². The maximum atomic E-state index is 14.7. The normalized spacial score (nSPS) is 25.7. The van der Waals surface area contributed by atoms with Gasteiger partial charge in [-0.05, 0) is 31.4 Å². The summed E-state index contributed by atoms with van der Waals surface area (Å²) in [4.78, 5) is 51.5. The zero-order valence-electron chi connectivity index (χ0n) is 14.5. The van der Waals surface area contributed by atoms with Crippen LogP contribution >= 0.6 is 0 Å². The molecule has 2 fully saturated rings. The Kier molecular flexibility index (Phi) is 4.18. The molecular weight excluding hydrogens is 355 g/mol. The number of halogens is 1. The minimum atomic E-state index is -1.06. The van der Waals surface area contributed by atoms with E-state index in [-0.39, 0.29) is 35.7 Å². The number of fused-ring (bicyclic) bond motifs is 1. The van der Waals surface area contributed by atoms with Gasteiger partial charge >= 0.3 is 0 Å². The Labute approximate surface area is 154 Å². The van der Waals surface area contributed by atoms with Gasteiger partial charge in [0.1, 0.15) is 11.9 Å². The second-order valence-electron chi connectivity index (χ2n) is 7.14. The average Bonchev–Trinajstić information content (AvgIpc) is 2.85. The first-order valence-electron chi connectivity index (χ1n) is 8.92. The number of hydrogen-bond donors (Lipinski definition) is 2. The number of carbonyl (C=O) groups is 4. The van der Waals surface area contributed by atoms with Crippen LogP contribution in [0.5, 0.6) is 0 Å². The van der Waals surface area contributed by atoms with Crippen LogP contribution in [0.2, 0.25) is 0 Å². The number of benzene rings is 1. The minimum Gasteiger partial charge on any atom is -0.368 e. The number of piperidine rings is 2. The van der Waals surface area contributed by atoms with Crippen LogP contribution in [0.4, 0.5) is 10.1 Å². The third-order valence-electron chi connectivity index (χ3n) is 5.31. The SMILES string of the molecule is N[C@@H]1CCCN(c2cc3c(cc2F)C(=O)N(C2CCC(=O)NC2=O)C3=O)C1. The summed E-state index contributed by atoms with van der Waals surface area (Å²) in [6.45, 7) is 1.08. The topological polar surface area (TPSA) is 113 Å². The monoisotopic (exact) mass is 374 g/mol. The molecule has 2 atom stereocenters. The first-order valence-corrected chi connectivity index (χ1v) is 8.92. The van der Waals surface area contributed by atoms with Crippen molar-refractivity contribution in [3.63, 3.8) is 0 Å². The Bertz CT molecular complexity index is 871. The summed E-state index contributed by atoms with van der Waals surface area (Å²) in [6.07, 6.45) is 1.76. The second-order valence-corrected chi connectivity index (χ2v) is 7.14. The van der Waals surface area contributed by atoms with E-state index in [1.165, 1.54) is 6.07 Å². The van der Waals surface area contributed by atoms with Crippen LogP contribution in [0.3, 0.4) is 0 Å². The molecule has 0 bridgehead atoms. The Morgan fingerprint density at radius 2 is 1.78 bits per heavy atom. The van der Waals surface area contributed by atoms with E-state index < -0.39 is 35.5 Å². The van der Waals surface area contributed by atoms with Gasteiger partial charge in [0.05, 0.1) is 16.8 Å². The molecule has 4 rings (SSSR count). The number of hydrogen-bond acceptors (Lipinski definition) is 6. The molecular formula is C18H19FN4O4. The van der Waals surface area contributed by atoms with E-state index in [1.807, 2.05) is 0 Å². The summed E-state index contributed by atoms with van der Waals surface area (Å²) in [5.41, 5.74) is 6.19. The number of nitrogens with two attached hydrogens (primary N) is 1. The molecule has 3 aliphatic rings. The molecule has 2 saturated heterocycles. The van der Waals surface area contributed by atoms with Gasteiger partial charge in [-0.1, -0.05) is 0 Å². The summed E-state index contributed by atoms with van der Waals surface area (Å²) >= 11 is 0. The smallest absolute Gasteiger partial charge is 0.262 e. The number of nitrogens with one attached hydrogen (secondary N) is 1. The van der Waals surface area contributed by atoms with Crippen molar-refractivity contribution in [2.75, 3.05) is 18.0 Å². The first-order chi connectivity index (χ1) is 12.9. The van der Waals surface area contributed by atoms with Crippen molar-refractivity contribution >= 4 is 29.3 Å². The third-order valence-corrected chi connectivity index (χ3v) is 5.31. The molecule has 4 amide bonds. The maximum absolute atomic E-state index is 14.7. The lowest BCUT2D eigenvalue weighted by Gasteiger charge is -2.33. The molecule has 8 nitrogen and oxygen atoms in total. The lowest BCUT2D eigenvalue weighted by atomic mass is 10.0. The molecule has 1 aromatic carbocycles. The van der Waals surface area contributed by atoms with E-state index in [0.29, 0.717) is 13.1 Å². The van der Waals surface area contributed by atoms with Gasteiger partial charge in [0, 0.05) is 25.6 Å². The van der Waals surface area contributed by atoms with Crippen LogP contribution in [0.15, 0.2) is 12.1 Å². The van der Waals surface area contributed by atoms with Crippen molar-refractivity contribution in [3.05, 3.63) is 29.1 Å². The van der Waals surface area contributed by atoms with Crippen LogP contribution < -0.4 is 16.0 Å². The summed E-state index contributed by atoms with van der Waals surface area (Å²) in [5, 5.41) is 2.13. The van der Waals surface area contributed by atoms with E-state index in [9.17, 15) is 23.6 Å². The Balaban J connectivity index is 1.67. The standard InChI is InChI=1S/C18H19FN4O4/c19-12-6-10-11(7-14(12)22-5-1-2-9(20)8-22)18(27)23(17(10)26)13-3-4-15(24)21-16(13)25/h6-7,9,13H,1-5,8,20H2,(H,21,24,25)/t9-,13?/m1/s1. The first kappa shape index (κ1) is 17.6. The Morgan fingerprint density at radius 1 is 1.07 bits per heavy atom. The highest BCUT2D eigenvalue weighted by Crippen LogP contribution is 2.33. The molecule has 0 saturated carbocycles.